The Labute approximate surface area is 150 Å². The van der Waals surface area contributed by atoms with Gasteiger partial charge in [0.1, 0.15) is 4.88 Å². The Morgan fingerprint density at radius 2 is 2.12 bits per heavy atom. The molecule has 0 saturated carbocycles. The van der Waals surface area contributed by atoms with Gasteiger partial charge in [0, 0.05) is 13.5 Å². The summed E-state index contributed by atoms with van der Waals surface area (Å²) in [6.45, 7) is 6.29. The van der Waals surface area contributed by atoms with Crippen LogP contribution >= 0.6 is 11.3 Å². The van der Waals surface area contributed by atoms with E-state index in [0.29, 0.717) is 23.7 Å². The number of hydrogen-bond acceptors (Lipinski definition) is 6. The molecule has 0 aromatic carbocycles. The summed E-state index contributed by atoms with van der Waals surface area (Å²) in [5.74, 6) is -0.0967. The number of aryl methyl sites for hydroxylation is 2. The van der Waals surface area contributed by atoms with Gasteiger partial charge in [0.2, 0.25) is 5.91 Å². The highest BCUT2D eigenvalue weighted by atomic mass is 32.1. The molecule has 3 rings (SSSR count). The van der Waals surface area contributed by atoms with Crippen LogP contribution in [0.5, 0.6) is 0 Å². The lowest BCUT2D eigenvalue weighted by Crippen LogP contribution is -2.31. The first-order chi connectivity index (χ1) is 12.0. The molecule has 2 amide bonds. The number of likely N-dealkylation sites (tertiary alicyclic amines) is 1. The maximum absolute atomic E-state index is 13.0. The van der Waals surface area contributed by atoms with E-state index in [1.165, 1.54) is 18.3 Å². The third kappa shape index (κ3) is 3.84. The minimum absolute atomic E-state index is 0.0136. The van der Waals surface area contributed by atoms with Crippen LogP contribution in [0.15, 0.2) is 12.4 Å². The van der Waals surface area contributed by atoms with Crippen LogP contribution in [0.3, 0.4) is 0 Å². The quantitative estimate of drug-likeness (QED) is 0.904. The van der Waals surface area contributed by atoms with Gasteiger partial charge in [-0.05, 0) is 26.7 Å². The van der Waals surface area contributed by atoms with Gasteiger partial charge < -0.3 is 10.2 Å². The highest BCUT2D eigenvalue weighted by molar-refractivity contribution is 7.13. The number of carbonyl (C=O) groups excluding carboxylic acids is 2. The van der Waals surface area contributed by atoms with E-state index in [-0.39, 0.29) is 17.9 Å². The summed E-state index contributed by atoms with van der Waals surface area (Å²) in [5, 5.41) is 3.62. The monoisotopic (exact) mass is 359 g/mol. The first-order valence-corrected chi connectivity index (χ1v) is 9.07. The molecule has 3 heterocycles. The third-order valence-electron chi connectivity index (χ3n) is 4.17. The lowest BCUT2D eigenvalue weighted by atomic mass is 10.1. The van der Waals surface area contributed by atoms with Gasteiger partial charge in [0.15, 0.2) is 0 Å². The Hall–Kier alpha value is -2.35. The van der Waals surface area contributed by atoms with Crippen LogP contribution in [0.25, 0.3) is 0 Å². The fraction of sp³-hybridized carbons (Fsp3) is 0.471. The van der Waals surface area contributed by atoms with Crippen LogP contribution in [-0.4, -0.2) is 38.2 Å². The van der Waals surface area contributed by atoms with E-state index in [1.807, 2.05) is 18.7 Å². The van der Waals surface area contributed by atoms with Crippen molar-refractivity contribution in [3.05, 3.63) is 39.4 Å². The fourth-order valence-electron chi connectivity index (χ4n) is 3.06. The molecule has 7 nitrogen and oxygen atoms in total. The Bertz CT molecular complexity index is 804. The van der Waals surface area contributed by atoms with Crippen molar-refractivity contribution in [2.75, 3.05) is 6.54 Å². The van der Waals surface area contributed by atoms with Gasteiger partial charge in [-0.3, -0.25) is 19.6 Å². The van der Waals surface area contributed by atoms with Gasteiger partial charge in [-0.15, -0.1) is 11.3 Å². The summed E-state index contributed by atoms with van der Waals surface area (Å²) in [7, 11) is 0. The molecule has 1 N–H and O–H groups in total. The molecule has 1 aliphatic heterocycles. The van der Waals surface area contributed by atoms with Gasteiger partial charge in [0.25, 0.3) is 5.91 Å². The van der Waals surface area contributed by atoms with Crippen molar-refractivity contribution in [3.63, 3.8) is 0 Å². The number of amides is 2. The SMILES string of the molecule is CC(=O)NCc1cncc(C2CCCN2C(=O)c2sc(C)nc2C)n1. The van der Waals surface area contributed by atoms with Crippen molar-refractivity contribution in [2.24, 2.45) is 0 Å². The molecule has 1 saturated heterocycles. The molecule has 132 valence electrons. The number of carbonyl (C=O) groups is 2. The predicted molar refractivity (Wildman–Crippen MR) is 94.2 cm³/mol. The second-order valence-corrected chi connectivity index (χ2v) is 7.35. The molecule has 0 bridgehead atoms. The Balaban J connectivity index is 1.82. The maximum Gasteiger partial charge on any atom is 0.266 e. The number of nitrogens with one attached hydrogen (secondary N) is 1. The van der Waals surface area contributed by atoms with Crippen molar-refractivity contribution in [1.82, 2.24) is 25.2 Å². The lowest BCUT2D eigenvalue weighted by Gasteiger charge is -2.24. The van der Waals surface area contributed by atoms with Crippen LogP contribution in [0.1, 0.15) is 57.6 Å². The van der Waals surface area contributed by atoms with Crippen molar-refractivity contribution < 1.29 is 9.59 Å². The molecule has 0 aliphatic carbocycles. The molecule has 0 radical (unpaired) electrons. The number of hydrogen-bond donors (Lipinski definition) is 1. The van der Waals surface area contributed by atoms with E-state index in [2.05, 4.69) is 20.3 Å². The largest absolute Gasteiger partial charge is 0.351 e. The number of nitrogens with zero attached hydrogens (tertiary/aromatic N) is 4. The van der Waals surface area contributed by atoms with E-state index < -0.39 is 0 Å². The third-order valence-corrected chi connectivity index (χ3v) is 5.24. The summed E-state index contributed by atoms with van der Waals surface area (Å²) in [6, 6.07) is -0.0842. The fourth-order valence-corrected chi connectivity index (χ4v) is 3.94. The standard InChI is InChI=1S/C17H21N5O2S/c1-10-16(25-12(3)20-10)17(24)22-6-4-5-15(22)14-9-18-7-13(21-14)8-19-11(2)23/h7,9,15H,4-6,8H2,1-3H3,(H,19,23). The summed E-state index contributed by atoms with van der Waals surface area (Å²) in [6.07, 6.45) is 5.14. The van der Waals surface area contributed by atoms with E-state index in [4.69, 9.17) is 0 Å². The molecular weight excluding hydrogens is 338 g/mol. The average molecular weight is 359 g/mol. The van der Waals surface area contributed by atoms with Crippen LogP contribution in [0.4, 0.5) is 0 Å². The van der Waals surface area contributed by atoms with Gasteiger partial charge in [0.05, 0.1) is 47.1 Å². The van der Waals surface area contributed by atoms with E-state index in [9.17, 15) is 9.59 Å². The minimum Gasteiger partial charge on any atom is -0.351 e. The topological polar surface area (TPSA) is 88.1 Å². The zero-order chi connectivity index (χ0) is 18.0. The summed E-state index contributed by atoms with van der Waals surface area (Å²) >= 11 is 1.44. The normalized spacial score (nSPS) is 16.9. The van der Waals surface area contributed by atoms with Gasteiger partial charge in [-0.1, -0.05) is 0 Å². The summed E-state index contributed by atoms with van der Waals surface area (Å²) in [5.41, 5.74) is 2.24. The van der Waals surface area contributed by atoms with Crippen LogP contribution in [-0.2, 0) is 11.3 Å². The molecule has 2 aromatic heterocycles. The number of thiazole rings is 1. The zero-order valence-corrected chi connectivity index (χ0v) is 15.4. The molecule has 1 unspecified atom stereocenters. The average Bonchev–Trinajstić information content (AvgIpc) is 3.19. The molecule has 2 aromatic rings. The molecule has 1 atom stereocenters. The van der Waals surface area contributed by atoms with Crippen molar-refractivity contribution in [1.29, 1.82) is 0 Å². The first-order valence-electron chi connectivity index (χ1n) is 8.26. The van der Waals surface area contributed by atoms with Crippen LogP contribution in [0.2, 0.25) is 0 Å². The summed E-state index contributed by atoms with van der Waals surface area (Å²) in [4.78, 5) is 39.8. The van der Waals surface area contributed by atoms with Crippen LogP contribution in [0, 0.1) is 13.8 Å². The predicted octanol–water partition coefficient (Wildman–Crippen LogP) is 2.16. The van der Waals surface area contributed by atoms with E-state index in [0.717, 1.165) is 29.2 Å². The Morgan fingerprint density at radius 1 is 1.32 bits per heavy atom. The zero-order valence-electron chi connectivity index (χ0n) is 14.6. The maximum atomic E-state index is 13.0. The van der Waals surface area contributed by atoms with E-state index in [1.54, 1.807) is 12.4 Å². The Kier molecular flexibility index (Phi) is 5.08. The van der Waals surface area contributed by atoms with Gasteiger partial charge >= 0.3 is 0 Å². The van der Waals surface area contributed by atoms with E-state index >= 15 is 0 Å². The molecular formula is C17H21N5O2S. The molecule has 1 fully saturated rings. The first kappa shape index (κ1) is 17.5. The molecule has 8 heteroatoms. The van der Waals surface area contributed by atoms with Gasteiger partial charge in [-0.2, -0.15) is 0 Å². The second-order valence-electron chi connectivity index (χ2n) is 6.15. The highest BCUT2D eigenvalue weighted by Gasteiger charge is 2.33. The van der Waals surface area contributed by atoms with Crippen molar-refractivity contribution in [3.8, 4) is 0 Å². The molecule has 25 heavy (non-hydrogen) atoms. The van der Waals surface area contributed by atoms with Gasteiger partial charge in [-0.25, -0.2) is 4.98 Å². The molecule has 1 aliphatic rings. The Morgan fingerprint density at radius 3 is 2.80 bits per heavy atom. The number of aromatic nitrogens is 3. The number of rotatable bonds is 4. The smallest absolute Gasteiger partial charge is 0.266 e. The van der Waals surface area contributed by atoms with Crippen molar-refractivity contribution >= 4 is 23.2 Å². The lowest BCUT2D eigenvalue weighted by molar-refractivity contribution is -0.119. The minimum atomic E-state index is -0.110. The highest BCUT2D eigenvalue weighted by Crippen LogP contribution is 2.33. The van der Waals surface area contributed by atoms with Crippen molar-refractivity contribution in [2.45, 2.75) is 46.2 Å². The van der Waals surface area contributed by atoms with Crippen LogP contribution < -0.4 is 5.32 Å². The second kappa shape index (κ2) is 7.26. The summed E-state index contributed by atoms with van der Waals surface area (Å²) < 4.78 is 0. The molecule has 0 spiro atoms.